The van der Waals surface area contributed by atoms with E-state index in [2.05, 4.69) is 9.55 Å². The van der Waals surface area contributed by atoms with Crippen molar-refractivity contribution in [2.24, 2.45) is 11.8 Å². The van der Waals surface area contributed by atoms with Crippen molar-refractivity contribution in [3.8, 4) is 17.3 Å². The third-order valence-corrected chi connectivity index (χ3v) is 5.30. The zero-order chi connectivity index (χ0) is 17.8. The van der Waals surface area contributed by atoms with E-state index >= 15 is 0 Å². The summed E-state index contributed by atoms with van der Waals surface area (Å²) in [6, 6.07) is 4.22. The minimum absolute atomic E-state index is 0.0384. The number of aromatic nitrogens is 2. The van der Waals surface area contributed by atoms with E-state index in [0.717, 1.165) is 12.1 Å². The first kappa shape index (κ1) is 16.8. The van der Waals surface area contributed by atoms with Gasteiger partial charge in [-0.25, -0.2) is 0 Å². The number of rotatable bonds is 5. The molecule has 0 amide bonds. The Hall–Kier alpha value is -1.69. The first-order chi connectivity index (χ1) is 11.9. The molecule has 25 heavy (non-hydrogen) atoms. The van der Waals surface area contributed by atoms with Crippen molar-refractivity contribution in [2.45, 2.75) is 37.9 Å². The molecule has 0 unspecified atom stereocenters. The van der Waals surface area contributed by atoms with Gasteiger partial charge >= 0.3 is 6.18 Å². The molecular weight excluding hydrogens is 353 g/mol. The van der Waals surface area contributed by atoms with Crippen LogP contribution in [-0.2, 0) is 6.18 Å². The number of halogens is 4. The molecule has 7 heteroatoms. The van der Waals surface area contributed by atoms with E-state index in [1.165, 1.54) is 31.7 Å². The second-order valence-corrected chi connectivity index (χ2v) is 7.29. The number of hydrogen-bond donors (Lipinski definition) is 0. The molecule has 0 saturated heterocycles. The molecule has 1 heterocycles. The number of nitrogens with zero attached hydrogens (tertiary/aromatic N) is 2. The lowest BCUT2D eigenvalue weighted by Gasteiger charge is -2.18. The molecule has 0 spiro atoms. The van der Waals surface area contributed by atoms with Crippen LogP contribution in [0.3, 0.4) is 0 Å². The van der Waals surface area contributed by atoms with Crippen LogP contribution in [0.2, 0.25) is 5.02 Å². The van der Waals surface area contributed by atoms with Crippen molar-refractivity contribution in [3.05, 3.63) is 35.0 Å². The molecule has 2 aliphatic carbocycles. The molecule has 2 aliphatic rings. The Kier molecular flexibility index (Phi) is 3.98. The van der Waals surface area contributed by atoms with E-state index in [0.29, 0.717) is 35.1 Å². The summed E-state index contributed by atoms with van der Waals surface area (Å²) in [6.45, 7) is 0. The Balaban J connectivity index is 1.71. The Morgan fingerprint density at radius 2 is 1.84 bits per heavy atom. The highest BCUT2D eigenvalue weighted by molar-refractivity contribution is 6.33. The van der Waals surface area contributed by atoms with Crippen LogP contribution >= 0.6 is 11.6 Å². The Labute approximate surface area is 148 Å². The van der Waals surface area contributed by atoms with Gasteiger partial charge in [0.2, 0.25) is 0 Å². The molecule has 2 aromatic rings. The molecule has 0 atom stereocenters. The van der Waals surface area contributed by atoms with Crippen molar-refractivity contribution in [1.29, 1.82) is 0 Å². The number of ether oxygens (including phenoxy) is 1. The molecule has 0 radical (unpaired) electrons. The molecular formula is C18H18ClF3N2O. The normalized spacial score (nSPS) is 18.0. The maximum absolute atomic E-state index is 12.8. The monoisotopic (exact) mass is 370 g/mol. The van der Waals surface area contributed by atoms with Gasteiger partial charge in [0.15, 0.2) is 0 Å². The van der Waals surface area contributed by atoms with Gasteiger partial charge in [0.25, 0.3) is 6.01 Å². The molecule has 1 aromatic heterocycles. The van der Waals surface area contributed by atoms with Crippen LogP contribution in [0.15, 0.2) is 24.4 Å². The van der Waals surface area contributed by atoms with Crippen LogP contribution in [0.4, 0.5) is 13.2 Å². The maximum Gasteiger partial charge on any atom is 0.416 e. The lowest BCUT2D eigenvalue weighted by molar-refractivity contribution is -0.137. The highest BCUT2D eigenvalue weighted by Crippen LogP contribution is 2.53. The number of alkyl halides is 3. The fourth-order valence-corrected chi connectivity index (χ4v) is 3.76. The van der Waals surface area contributed by atoms with Crippen molar-refractivity contribution < 1.29 is 17.9 Å². The number of imidazole rings is 1. The minimum atomic E-state index is -4.41. The molecule has 4 rings (SSSR count). The summed E-state index contributed by atoms with van der Waals surface area (Å²) in [5.74, 6) is 1.29. The first-order valence-corrected chi connectivity index (χ1v) is 8.76. The molecule has 0 N–H and O–H groups in total. The molecule has 3 nitrogen and oxygen atoms in total. The predicted molar refractivity (Wildman–Crippen MR) is 88.7 cm³/mol. The molecule has 134 valence electrons. The quantitative estimate of drug-likeness (QED) is 0.685. The van der Waals surface area contributed by atoms with Crippen LogP contribution < -0.4 is 4.74 Å². The SMILES string of the molecule is COc1nc(-c2ccc(C(F)(F)F)cc2Cl)cn1C(C1CC1)C1CC1. The van der Waals surface area contributed by atoms with Gasteiger partial charge in [-0.3, -0.25) is 4.57 Å². The third-order valence-electron chi connectivity index (χ3n) is 4.98. The summed E-state index contributed by atoms with van der Waals surface area (Å²) in [5, 5.41) is 0.0384. The van der Waals surface area contributed by atoms with Gasteiger partial charge in [-0.1, -0.05) is 17.7 Å². The topological polar surface area (TPSA) is 27.1 Å². The van der Waals surface area contributed by atoms with Gasteiger partial charge in [-0.2, -0.15) is 18.2 Å². The zero-order valence-electron chi connectivity index (χ0n) is 13.7. The Bertz CT molecular complexity index is 782. The van der Waals surface area contributed by atoms with Crippen LogP contribution in [0.5, 0.6) is 6.01 Å². The summed E-state index contributed by atoms with van der Waals surface area (Å²) in [6.07, 6.45) is 2.28. The maximum atomic E-state index is 12.8. The lowest BCUT2D eigenvalue weighted by atomic mass is 10.1. The van der Waals surface area contributed by atoms with Gasteiger partial charge < -0.3 is 4.74 Å². The smallest absolute Gasteiger partial charge is 0.416 e. The Morgan fingerprint density at radius 1 is 1.20 bits per heavy atom. The minimum Gasteiger partial charge on any atom is -0.468 e. The summed E-state index contributed by atoms with van der Waals surface area (Å²) in [5.41, 5.74) is 0.264. The molecule has 2 fully saturated rings. The first-order valence-electron chi connectivity index (χ1n) is 8.38. The van der Waals surface area contributed by atoms with E-state index in [1.54, 1.807) is 7.11 Å². The van der Waals surface area contributed by atoms with Crippen LogP contribution in [0, 0.1) is 11.8 Å². The molecule has 2 saturated carbocycles. The third kappa shape index (κ3) is 3.24. The summed E-state index contributed by atoms with van der Waals surface area (Å²) in [4.78, 5) is 4.47. The number of benzene rings is 1. The van der Waals surface area contributed by atoms with Crippen molar-refractivity contribution in [3.63, 3.8) is 0 Å². The second kappa shape index (κ2) is 5.94. The second-order valence-electron chi connectivity index (χ2n) is 6.88. The van der Waals surface area contributed by atoms with E-state index in [9.17, 15) is 13.2 Å². The zero-order valence-corrected chi connectivity index (χ0v) is 14.4. The average Bonchev–Trinajstić information content (AvgIpc) is 3.46. The fraction of sp³-hybridized carbons (Fsp3) is 0.500. The van der Waals surface area contributed by atoms with Crippen molar-refractivity contribution in [1.82, 2.24) is 9.55 Å². The number of methoxy groups -OCH3 is 1. The molecule has 0 aliphatic heterocycles. The summed E-state index contributed by atoms with van der Waals surface area (Å²) in [7, 11) is 1.56. The van der Waals surface area contributed by atoms with E-state index < -0.39 is 11.7 Å². The van der Waals surface area contributed by atoms with E-state index in [4.69, 9.17) is 16.3 Å². The lowest BCUT2D eigenvalue weighted by Crippen LogP contribution is -2.13. The van der Waals surface area contributed by atoms with Gasteiger partial charge in [-0.05, 0) is 49.7 Å². The predicted octanol–water partition coefficient (Wildman–Crippen LogP) is 5.59. The summed E-state index contributed by atoms with van der Waals surface area (Å²) >= 11 is 6.11. The van der Waals surface area contributed by atoms with Crippen LogP contribution in [0.25, 0.3) is 11.3 Å². The van der Waals surface area contributed by atoms with E-state index in [-0.39, 0.29) is 5.02 Å². The standard InChI is InChI=1S/C18H18ClF3N2O/c1-25-17-23-15(9-24(17)16(10-2-3-10)11-4-5-11)13-7-6-12(8-14(13)19)18(20,21)22/h6-11,16H,2-5H2,1H3. The highest BCUT2D eigenvalue weighted by Gasteiger charge is 2.43. The molecule has 0 bridgehead atoms. The van der Waals surface area contributed by atoms with Crippen LogP contribution in [-0.4, -0.2) is 16.7 Å². The Morgan fingerprint density at radius 3 is 2.32 bits per heavy atom. The fourth-order valence-electron chi connectivity index (χ4n) is 3.48. The van der Waals surface area contributed by atoms with E-state index in [1.807, 2.05) is 6.20 Å². The summed E-state index contributed by atoms with van der Waals surface area (Å²) < 4.78 is 46.0. The molecule has 1 aromatic carbocycles. The van der Waals surface area contributed by atoms with Gasteiger partial charge in [0.05, 0.1) is 23.4 Å². The highest BCUT2D eigenvalue weighted by atomic mass is 35.5. The van der Waals surface area contributed by atoms with Gasteiger partial charge in [-0.15, -0.1) is 0 Å². The van der Waals surface area contributed by atoms with Gasteiger partial charge in [0, 0.05) is 17.8 Å². The van der Waals surface area contributed by atoms with Crippen molar-refractivity contribution in [2.75, 3.05) is 7.11 Å². The van der Waals surface area contributed by atoms with Crippen molar-refractivity contribution >= 4 is 11.6 Å². The van der Waals surface area contributed by atoms with Gasteiger partial charge in [0.1, 0.15) is 0 Å². The largest absolute Gasteiger partial charge is 0.468 e. The van der Waals surface area contributed by atoms with Crippen LogP contribution in [0.1, 0.15) is 37.3 Å². The number of hydrogen-bond acceptors (Lipinski definition) is 2. The average molecular weight is 371 g/mol.